The summed E-state index contributed by atoms with van der Waals surface area (Å²) >= 11 is 0. The van der Waals surface area contributed by atoms with Crippen molar-refractivity contribution < 1.29 is 4.74 Å². The number of aromatic nitrogens is 2. The highest BCUT2D eigenvalue weighted by atomic mass is 16.5. The number of methoxy groups -OCH3 is 1. The number of nitriles is 1. The van der Waals surface area contributed by atoms with Gasteiger partial charge in [0.25, 0.3) is 0 Å². The fourth-order valence-electron chi connectivity index (χ4n) is 1.60. The summed E-state index contributed by atoms with van der Waals surface area (Å²) in [5.41, 5.74) is -0.450. The standard InChI is InChI=1S/C10H11N3O/c1-14-8-3-6-12-9(13-8)10(7-11)4-2-5-10/h3,6H,2,4-5H2,1H3. The Morgan fingerprint density at radius 3 is 2.86 bits per heavy atom. The van der Waals surface area contributed by atoms with Gasteiger partial charge in [0.2, 0.25) is 5.88 Å². The Balaban J connectivity index is 2.36. The second-order valence-electron chi connectivity index (χ2n) is 3.47. The van der Waals surface area contributed by atoms with Crippen LogP contribution < -0.4 is 4.74 Å². The van der Waals surface area contributed by atoms with E-state index in [0.29, 0.717) is 11.7 Å². The summed E-state index contributed by atoms with van der Waals surface area (Å²) in [7, 11) is 1.56. The van der Waals surface area contributed by atoms with E-state index in [0.717, 1.165) is 19.3 Å². The van der Waals surface area contributed by atoms with Crippen LogP contribution in [0.2, 0.25) is 0 Å². The lowest BCUT2D eigenvalue weighted by Gasteiger charge is -2.33. The fourth-order valence-corrected chi connectivity index (χ4v) is 1.60. The smallest absolute Gasteiger partial charge is 0.216 e. The van der Waals surface area contributed by atoms with Gasteiger partial charge in [-0.3, -0.25) is 0 Å². The molecule has 14 heavy (non-hydrogen) atoms. The second kappa shape index (κ2) is 3.26. The SMILES string of the molecule is COc1ccnc(C2(C#N)CCC2)n1. The number of ether oxygens (including phenoxy) is 1. The van der Waals surface area contributed by atoms with Crippen LogP contribution >= 0.6 is 0 Å². The Kier molecular flexibility index (Phi) is 2.08. The van der Waals surface area contributed by atoms with Gasteiger partial charge in [-0.15, -0.1) is 0 Å². The van der Waals surface area contributed by atoms with Crippen LogP contribution in [-0.2, 0) is 5.41 Å². The Labute approximate surface area is 82.6 Å². The van der Waals surface area contributed by atoms with E-state index in [2.05, 4.69) is 16.0 Å². The summed E-state index contributed by atoms with van der Waals surface area (Å²) in [6.07, 6.45) is 4.43. The van der Waals surface area contributed by atoms with Crippen molar-refractivity contribution in [2.45, 2.75) is 24.7 Å². The summed E-state index contributed by atoms with van der Waals surface area (Å²) in [6, 6.07) is 3.99. The minimum Gasteiger partial charge on any atom is -0.481 e. The van der Waals surface area contributed by atoms with E-state index in [1.165, 1.54) is 0 Å². The Hall–Kier alpha value is -1.63. The van der Waals surface area contributed by atoms with Crippen molar-refractivity contribution in [2.24, 2.45) is 0 Å². The third-order valence-corrected chi connectivity index (χ3v) is 2.69. The van der Waals surface area contributed by atoms with Crippen LogP contribution in [0, 0.1) is 11.3 Å². The van der Waals surface area contributed by atoms with E-state index in [9.17, 15) is 0 Å². The first kappa shape index (κ1) is 8.95. The van der Waals surface area contributed by atoms with Crippen molar-refractivity contribution in [2.75, 3.05) is 7.11 Å². The summed E-state index contributed by atoms with van der Waals surface area (Å²) < 4.78 is 5.00. The topological polar surface area (TPSA) is 58.8 Å². The summed E-state index contributed by atoms with van der Waals surface area (Å²) in [5.74, 6) is 1.13. The van der Waals surface area contributed by atoms with Crippen LogP contribution in [0.5, 0.6) is 5.88 Å². The molecular weight excluding hydrogens is 178 g/mol. The van der Waals surface area contributed by atoms with E-state index in [-0.39, 0.29) is 0 Å². The molecule has 0 atom stereocenters. The van der Waals surface area contributed by atoms with Crippen LogP contribution in [-0.4, -0.2) is 17.1 Å². The lowest BCUT2D eigenvalue weighted by Crippen LogP contribution is -2.34. The van der Waals surface area contributed by atoms with Crippen LogP contribution in [0.1, 0.15) is 25.1 Å². The zero-order chi connectivity index (χ0) is 10.0. The van der Waals surface area contributed by atoms with E-state index >= 15 is 0 Å². The average Bonchev–Trinajstić information content (AvgIpc) is 2.18. The molecular formula is C10H11N3O. The maximum Gasteiger partial charge on any atom is 0.216 e. The molecule has 4 heteroatoms. The summed E-state index contributed by atoms with van der Waals surface area (Å²) in [5, 5.41) is 9.08. The van der Waals surface area contributed by atoms with Crippen molar-refractivity contribution in [1.29, 1.82) is 5.26 Å². The minimum absolute atomic E-state index is 0.450. The molecule has 1 aromatic rings. The zero-order valence-electron chi connectivity index (χ0n) is 8.03. The normalized spacial score (nSPS) is 18.0. The van der Waals surface area contributed by atoms with Gasteiger partial charge in [0.05, 0.1) is 13.2 Å². The van der Waals surface area contributed by atoms with Gasteiger partial charge >= 0.3 is 0 Å². The molecule has 1 heterocycles. The number of hydrogen-bond donors (Lipinski definition) is 0. The third-order valence-electron chi connectivity index (χ3n) is 2.69. The fraction of sp³-hybridized carbons (Fsp3) is 0.500. The Morgan fingerprint density at radius 1 is 1.57 bits per heavy atom. The predicted molar refractivity (Wildman–Crippen MR) is 49.7 cm³/mol. The molecule has 0 radical (unpaired) electrons. The highest BCUT2D eigenvalue weighted by Gasteiger charge is 2.41. The first-order valence-corrected chi connectivity index (χ1v) is 4.59. The quantitative estimate of drug-likeness (QED) is 0.706. The van der Waals surface area contributed by atoms with Crippen LogP contribution in [0.3, 0.4) is 0 Å². The first-order valence-electron chi connectivity index (χ1n) is 4.59. The van der Waals surface area contributed by atoms with Crippen LogP contribution in [0.4, 0.5) is 0 Å². The maximum absolute atomic E-state index is 9.08. The second-order valence-corrected chi connectivity index (χ2v) is 3.47. The molecule has 0 amide bonds. The lowest BCUT2D eigenvalue weighted by atomic mass is 9.69. The molecule has 0 unspecified atom stereocenters. The maximum atomic E-state index is 9.08. The molecule has 0 bridgehead atoms. The molecule has 72 valence electrons. The number of nitrogens with zero attached hydrogens (tertiary/aromatic N) is 3. The van der Waals surface area contributed by atoms with Gasteiger partial charge in [-0.05, 0) is 19.3 Å². The molecule has 1 aliphatic rings. The van der Waals surface area contributed by atoms with Crippen molar-refractivity contribution in [1.82, 2.24) is 9.97 Å². The number of hydrogen-bond acceptors (Lipinski definition) is 4. The molecule has 0 aliphatic heterocycles. The first-order chi connectivity index (χ1) is 6.80. The van der Waals surface area contributed by atoms with Crippen LogP contribution in [0.15, 0.2) is 12.3 Å². The van der Waals surface area contributed by atoms with Crippen LogP contribution in [0.25, 0.3) is 0 Å². The van der Waals surface area contributed by atoms with Gasteiger partial charge in [0, 0.05) is 12.3 Å². The van der Waals surface area contributed by atoms with Gasteiger partial charge in [-0.25, -0.2) is 4.98 Å². The van der Waals surface area contributed by atoms with Gasteiger partial charge in [0.1, 0.15) is 5.41 Å². The molecule has 4 nitrogen and oxygen atoms in total. The molecule has 1 fully saturated rings. The minimum atomic E-state index is -0.450. The van der Waals surface area contributed by atoms with Gasteiger partial charge in [-0.2, -0.15) is 10.2 Å². The van der Waals surface area contributed by atoms with Crippen molar-refractivity contribution in [3.63, 3.8) is 0 Å². The summed E-state index contributed by atoms with van der Waals surface area (Å²) in [4.78, 5) is 8.34. The highest BCUT2D eigenvalue weighted by Crippen LogP contribution is 2.41. The molecule has 1 saturated carbocycles. The summed E-state index contributed by atoms with van der Waals surface area (Å²) in [6.45, 7) is 0. The molecule has 0 aromatic carbocycles. The van der Waals surface area contributed by atoms with E-state index in [1.807, 2.05) is 0 Å². The predicted octanol–water partition coefficient (Wildman–Crippen LogP) is 1.43. The van der Waals surface area contributed by atoms with Crippen molar-refractivity contribution in [3.05, 3.63) is 18.1 Å². The van der Waals surface area contributed by atoms with Gasteiger partial charge in [-0.1, -0.05) is 0 Å². The zero-order valence-corrected chi connectivity index (χ0v) is 8.03. The Morgan fingerprint density at radius 2 is 2.36 bits per heavy atom. The molecule has 2 rings (SSSR count). The van der Waals surface area contributed by atoms with Crippen molar-refractivity contribution >= 4 is 0 Å². The monoisotopic (exact) mass is 189 g/mol. The lowest BCUT2D eigenvalue weighted by molar-refractivity contribution is 0.300. The molecule has 0 saturated heterocycles. The van der Waals surface area contributed by atoms with E-state index in [4.69, 9.17) is 10.00 Å². The third kappa shape index (κ3) is 1.22. The Bertz CT molecular complexity index is 379. The van der Waals surface area contributed by atoms with Gasteiger partial charge in [0.15, 0.2) is 5.82 Å². The van der Waals surface area contributed by atoms with Gasteiger partial charge < -0.3 is 4.74 Å². The number of rotatable bonds is 2. The highest BCUT2D eigenvalue weighted by molar-refractivity contribution is 5.26. The van der Waals surface area contributed by atoms with Crippen molar-refractivity contribution in [3.8, 4) is 11.9 Å². The van der Waals surface area contributed by atoms with E-state index < -0.39 is 5.41 Å². The molecule has 1 aromatic heterocycles. The molecule has 1 aliphatic carbocycles. The van der Waals surface area contributed by atoms with E-state index in [1.54, 1.807) is 19.4 Å². The molecule has 0 N–H and O–H groups in total. The largest absolute Gasteiger partial charge is 0.481 e. The molecule has 0 spiro atoms. The average molecular weight is 189 g/mol.